The van der Waals surface area contributed by atoms with E-state index in [0.717, 1.165) is 51.0 Å². The number of benzene rings is 2. The third kappa shape index (κ3) is 2.57. The fraction of sp³-hybridized carbons (Fsp3) is 0.0870. The molecule has 0 spiro atoms. The molecule has 0 bridgehead atoms. The maximum Gasteiger partial charge on any atom is 0.0741 e. The number of para-hydroxylation sites is 1. The summed E-state index contributed by atoms with van der Waals surface area (Å²) in [7, 11) is 1.91. The van der Waals surface area contributed by atoms with Crippen LogP contribution in [0.5, 0.6) is 0 Å². The molecule has 0 fully saturated rings. The van der Waals surface area contributed by atoms with E-state index >= 15 is 0 Å². The van der Waals surface area contributed by atoms with Crippen LogP contribution in [0.15, 0.2) is 72.6 Å². The lowest BCUT2D eigenvalue weighted by molar-refractivity contribution is 0.768. The van der Waals surface area contributed by atoms with Crippen LogP contribution in [0.3, 0.4) is 0 Å². The van der Waals surface area contributed by atoms with Crippen LogP contribution >= 0.6 is 0 Å². The first-order chi connectivity index (χ1) is 13.2. The van der Waals surface area contributed by atoms with Gasteiger partial charge in [0.25, 0.3) is 0 Å². The Morgan fingerprint density at radius 1 is 1.11 bits per heavy atom. The molecule has 0 amide bonds. The molecular weight excluding hydrogens is 332 g/mol. The Bertz CT molecular complexity index is 1230. The molecule has 1 aliphatic rings. The van der Waals surface area contributed by atoms with E-state index in [9.17, 15) is 0 Å². The first-order valence-electron chi connectivity index (χ1n) is 8.93. The SMILES string of the molecule is C=Cc1cccc2c1N=C(c1cccc3cc(-c4cnn(C)c4)ncc13)C2. The Labute approximate surface area is 157 Å². The molecular formula is C23H18N4. The highest BCUT2D eigenvalue weighted by molar-refractivity contribution is 6.15. The molecule has 2 aromatic heterocycles. The van der Waals surface area contributed by atoms with Crippen molar-refractivity contribution >= 4 is 28.2 Å². The Hall–Kier alpha value is -3.53. The van der Waals surface area contributed by atoms with E-state index in [0.29, 0.717) is 0 Å². The third-order valence-corrected chi connectivity index (χ3v) is 5.05. The van der Waals surface area contributed by atoms with Gasteiger partial charge in [-0.3, -0.25) is 14.7 Å². The van der Waals surface area contributed by atoms with Crippen molar-refractivity contribution in [1.29, 1.82) is 0 Å². The van der Waals surface area contributed by atoms with Crippen LogP contribution in [-0.4, -0.2) is 20.5 Å². The van der Waals surface area contributed by atoms with Gasteiger partial charge in [0.15, 0.2) is 0 Å². The van der Waals surface area contributed by atoms with E-state index in [1.165, 1.54) is 5.56 Å². The maximum absolute atomic E-state index is 4.93. The summed E-state index contributed by atoms with van der Waals surface area (Å²) in [5.41, 5.74) is 7.55. The summed E-state index contributed by atoms with van der Waals surface area (Å²) >= 11 is 0. The van der Waals surface area contributed by atoms with Gasteiger partial charge in [-0.05, 0) is 22.6 Å². The van der Waals surface area contributed by atoms with E-state index in [2.05, 4.69) is 59.1 Å². The van der Waals surface area contributed by atoms with Crippen LogP contribution in [0.1, 0.15) is 16.7 Å². The standard InChI is InChI=1S/C23H18N4/c1-3-15-6-4-8-17-11-22(26-23(15)17)19-9-5-7-16-10-21(24-13-20(16)19)18-12-25-27(2)14-18/h3-10,12-14H,1,11H2,2H3. The van der Waals surface area contributed by atoms with E-state index in [4.69, 9.17) is 4.99 Å². The van der Waals surface area contributed by atoms with Crippen LogP contribution in [0, 0.1) is 0 Å². The average molecular weight is 350 g/mol. The topological polar surface area (TPSA) is 43.1 Å². The van der Waals surface area contributed by atoms with Gasteiger partial charge in [-0.15, -0.1) is 0 Å². The molecule has 0 aliphatic carbocycles. The van der Waals surface area contributed by atoms with Crippen molar-refractivity contribution in [3.8, 4) is 11.3 Å². The molecule has 0 saturated heterocycles. The predicted molar refractivity (Wildman–Crippen MR) is 110 cm³/mol. The molecule has 27 heavy (non-hydrogen) atoms. The second-order valence-electron chi connectivity index (χ2n) is 6.79. The van der Waals surface area contributed by atoms with Crippen molar-refractivity contribution in [1.82, 2.24) is 14.8 Å². The summed E-state index contributed by atoms with van der Waals surface area (Å²) in [4.78, 5) is 9.61. The van der Waals surface area contributed by atoms with Crippen LogP contribution in [0.25, 0.3) is 28.1 Å². The largest absolute Gasteiger partial charge is 0.275 e. The predicted octanol–water partition coefficient (Wildman–Crippen LogP) is 4.96. The summed E-state index contributed by atoms with van der Waals surface area (Å²) < 4.78 is 1.79. The van der Waals surface area contributed by atoms with Gasteiger partial charge in [0, 0.05) is 42.4 Å². The fourth-order valence-electron chi connectivity index (χ4n) is 3.70. The number of fused-ring (bicyclic) bond motifs is 2. The summed E-state index contributed by atoms with van der Waals surface area (Å²) in [6, 6.07) is 14.7. The normalized spacial score (nSPS) is 12.9. The monoisotopic (exact) mass is 350 g/mol. The molecule has 0 atom stereocenters. The van der Waals surface area contributed by atoms with Gasteiger partial charge >= 0.3 is 0 Å². The zero-order chi connectivity index (χ0) is 18.4. The number of hydrogen-bond acceptors (Lipinski definition) is 3. The number of aryl methyl sites for hydroxylation is 1. The first-order valence-corrected chi connectivity index (χ1v) is 8.93. The first kappa shape index (κ1) is 15.7. The van der Waals surface area contributed by atoms with Crippen molar-refractivity contribution in [3.05, 3.63) is 84.3 Å². The van der Waals surface area contributed by atoms with Crippen molar-refractivity contribution in [3.63, 3.8) is 0 Å². The summed E-state index contributed by atoms with van der Waals surface area (Å²) in [6.45, 7) is 3.91. The lowest BCUT2D eigenvalue weighted by Gasteiger charge is -2.07. The molecule has 130 valence electrons. The summed E-state index contributed by atoms with van der Waals surface area (Å²) in [5, 5.41) is 6.52. The summed E-state index contributed by atoms with van der Waals surface area (Å²) in [6.07, 6.45) is 8.47. The van der Waals surface area contributed by atoms with Crippen molar-refractivity contribution in [2.45, 2.75) is 6.42 Å². The number of aromatic nitrogens is 3. The molecule has 4 heteroatoms. The highest BCUT2D eigenvalue weighted by Gasteiger charge is 2.19. The molecule has 0 N–H and O–H groups in total. The minimum absolute atomic E-state index is 0.834. The Morgan fingerprint density at radius 3 is 2.81 bits per heavy atom. The van der Waals surface area contributed by atoms with Gasteiger partial charge in [-0.2, -0.15) is 5.10 Å². The van der Waals surface area contributed by atoms with E-state index in [1.54, 1.807) is 4.68 Å². The Balaban J connectivity index is 1.62. The van der Waals surface area contributed by atoms with Gasteiger partial charge in [0.1, 0.15) is 0 Å². The minimum atomic E-state index is 0.834. The minimum Gasteiger partial charge on any atom is -0.275 e. The molecule has 4 aromatic rings. The van der Waals surface area contributed by atoms with Crippen molar-refractivity contribution in [2.75, 3.05) is 0 Å². The fourth-order valence-corrected chi connectivity index (χ4v) is 3.70. The summed E-state index contributed by atoms with van der Waals surface area (Å²) in [5.74, 6) is 0. The highest BCUT2D eigenvalue weighted by Crippen LogP contribution is 2.34. The molecule has 2 aromatic carbocycles. The zero-order valence-corrected chi connectivity index (χ0v) is 15.1. The molecule has 4 nitrogen and oxygen atoms in total. The zero-order valence-electron chi connectivity index (χ0n) is 15.1. The Morgan fingerprint density at radius 2 is 2.00 bits per heavy atom. The molecule has 0 radical (unpaired) electrons. The van der Waals surface area contributed by atoms with E-state index in [-0.39, 0.29) is 0 Å². The van der Waals surface area contributed by atoms with Gasteiger partial charge < -0.3 is 0 Å². The van der Waals surface area contributed by atoms with E-state index in [1.807, 2.05) is 31.7 Å². The van der Waals surface area contributed by atoms with E-state index < -0.39 is 0 Å². The lowest BCUT2D eigenvalue weighted by atomic mass is 9.98. The molecule has 1 aliphatic heterocycles. The van der Waals surface area contributed by atoms with Gasteiger partial charge in [-0.25, -0.2) is 0 Å². The van der Waals surface area contributed by atoms with Gasteiger partial charge in [-0.1, -0.05) is 49.1 Å². The maximum atomic E-state index is 4.93. The number of hydrogen-bond donors (Lipinski definition) is 0. The number of pyridine rings is 1. The van der Waals surface area contributed by atoms with Gasteiger partial charge in [0.05, 0.1) is 23.3 Å². The molecule has 5 rings (SSSR count). The van der Waals surface area contributed by atoms with Crippen LogP contribution in [0.2, 0.25) is 0 Å². The third-order valence-electron chi connectivity index (χ3n) is 5.05. The highest BCUT2D eigenvalue weighted by atomic mass is 15.2. The van der Waals surface area contributed by atoms with Gasteiger partial charge in [0.2, 0.25) is 0 Å². The number of nitrogens with zero attached hydrogens (tertiary/aromatic N) is 4. The van der Waals surface area contributed by atoms with Crippen molar-refractivity contribution in [2.24, 2.45) is 12.0 Å². The molecule has 0 unspecified atom stereocenters. The number of rotatable bonds is 3. The van der Waals surface area contributed by atoms with Crippen LogP contribution in [-0.2, 0) is 13.5 Å². The second kappa shape index (κ2) is 6.02. The Kier molecular flexibility index (Phi) is 3.50. The quantitative estimate of drug-likeness (QED) is 0.524. The number of aliphatic imine (C=N–C) groups is 1. The van der Waals surface area contributed by atoms with Crippen molar-refractivity contribution < 1.29 is 0 Å². The molecule has 0 saturated carbocycles. The smallest absolute Gasteiger partial charge is 0.0741 e. The van der Waals surface area contributed by atoms with Crippen LogP contribution < -0.4 is 0 Å². The average Bonchev–Trinajstić information content (AvgIpc) is 3.33. The molecule has 3 heterocycles. The lowest BCUT2D eigenvalue weighted by Crippen LogP contribution is -2.01. The second-order valence-corrected chi connectivity index (χ2v) is 6.79. The van der Waals surface area contributed by atoms with Crippen LogP contribution in [0.4, 0.5) is 5.69 Å².